The Morgan fingerprint density at radius 3 is 2.59 bits per heavy atom. The number of amides is 1. The van der Waals surface area contributed by atoms with Gasteiger partial charge in [0.15, 0.2) is 0 Å². The molecule has 0 aliphatic rings. The van der Waals surface area contributed by atoms with E-state index in [1.165, 1.54) is 18.2 Å². The molecule has 0 spiro atoms. The number of benzene rings is 1. The number of nitrogens with one attached hydrogen (secondary N) is 1. The van der Waals surface area contributed by atoms with Gasteiger partial charge in [-0.05, 0) is 32.9 Å². The lowest BCUT2D eigenvalue weighted by molar-refractivity contribution is -0.144. The van der Waals surface area contributed by atoms with Gasteiger partial charge >= 0.3 is 12.1 Å². The molecular formula is C15H19BrFNO4. The molecule has 0 saturated carbocycles. The monoisotopic (exact) mass is 375 g/mol. The van der Waals surface area contributed by atoms with Crippen LogP contribution in [0.25, 0.3) is 0 Å². The third kappa shape index (κ3) is 7.40. The Hall–Kier alpha value is -1.63. The Kier molecular flexibility index (Phi) is 6.80. The molecule has 7 heteroatoms. The molecule has 1 rings (SSSR count). The molecule has 0 saturated heterocycles. The molecule has 1 aromatic carbocycles. The fourth-order valence-corrected chi connectivity index (χ4v) is 1.92. The SMILES string of the molecule is CC(C)(C)OC(=O)NCCC(=O)OCc1ccc(F)cc1Br. The predicted molar refractivity (Wildman–Crippen MR) is 82.7 cm³/mol. The third-order valence-corrected chi connectivity index (χ3v) is 3.14. The lowest BCUT2D eigenvalue weighted by atomic mass is 10.2. The highest BCUT2D eigenvalue weighted by molar-refractivity contribution is 9.10. The van der Waals surface area contributed by atoms with Crippen molar-refractivity contribution in [2.45, 2.75) is 39.4 Å². The van der Waals surface area contributed by atoms with Crippen molar-refractivity contribution in [2.75, 3.05) is 6.54 Å². The molecule has 122 valence electrons. The van der Waals surface area contributed by atoms with Crippen molar-refractivity contribution in [3.05, 3.63) is 34.1 Å². The summed E-state index contributed by atoms with van der Waals surface area (Å²) in [7, 11) is 0. The van der Waals surface area contributed by atoms with Crippen molar-refractivity contribution in [1.29, 1.82) is 0 Å². The molecule has 0 aliphatic carbocycles. The van der Waals surface area contributed by atoms with E-state index in [4.69, 9.17) is 9.47 Å². The average Bonchev–Trinajstić information content (AvgIpc) is 2.35. The van der Waals surface area contributed by atoms with Crippen LogP contribution in [0.1, 0.15) is 32.8 Å². The smallest absolute Gasteiger partial charge is 0.407 e. The van der Waals surface area contributed by atoms with Gasteiger partial charge < -0.3 is 14.8 Å². The van der Waals surface area contributed by atoms with Gasteiger partial charge in [-0.25, -0.2) is 9.18 Å². The minimum atomic E-state index is -0.584. The summed E-state index contributed by atoms with van der Waals surface area (Å²) in [5.41, 5.74) is 0.0780. The zero-order valence-corrected chi connectivity index (χ0v) is 14.3. The Morgan fingerprint density at radius 2 is 2.00 bits per heavy atom. The molecule has 0 aromatic heterocycles. The Morgan fingerprint density at radius 1 is 1.32 bits per heavy atom. The first kappa shape index (κ1) is 18.4. The van der Waals surface area contributed by atoms with Crippen molar-refractivity contribution >= 4 is 28.0 Å². The highest BCUT2D eigenvalue weighted by atomic mass is 79.9. The van der Waals surface area contributed by atoms with E-state index >= 15 is 0 Å². The number of alkyl carbamates (subject to hydrolysis) is 1. The normalized spacial score (nSPS) is 11.0. The summed E-state index contributed by atoms with van der Waals surface area (Å²) >= 11 is 3.19. The molecule has 1 N–H and O–H groups in total. The largest absolute Gasteiger partial charge is 0.461 e. The number of ether oxygens (including phenoxy) is 2. The number of carbonyl (C=O) groups excluding carboxylic acids is 2. The first-order chi connectivity index (χ1) is 10.2. The van der Waals surface area contributed by atoms with E-state index in [0.29, 0.717) is 10.0 Å². The summed E-state index contributed by atoms with van der Waals surface area (Å²) in [6, 6.07) is 4.12. The van der Waals surface area contributed by atoms with Crippen LogP contribution in [0.5, 0.6) is 0 Å². The van der Waals surface area contributed by atoms with Crippen LogP contribution in [0.3, 0.4) is 0 Å². The average molecular weight is 376 g/mol. The number of halogens is 2. The van der Waals surface area contributed by atoms with Crippen molar-refractivity contribution in [1.82, 2.24) is 5.32 Å². The molecule has 1 aromatic rings. The van der Waals surface area contributed by atoms with Gasteiger partial charge in [0.1, 0.15) is 18.0 Å². The van der Waals surface area contributed by atoms with Gasteiger partial charge in [-0.15, -0.1) is 0 Å². The van der Waals surface area contributed by atoms with Crippen LogP contribution in [-0.4, -0.2) is 24.2 Å². The summed E-state index contributed by atoms with van der Waals surface area (Å²) in [5.74, 6) is -0.837. The number of carbonyl (C=O) groups is 2. The quantitative estimate of drug-likeness (QED) is 0.799. The van der Waals surface area contributed by atoms with Crippen molar-refractivity contribution in [3.8, 4) is 0 Å². The van der Waals surface area contributed by atoms with E-state index in [1.54, 1.807) is 20.8 Å². The lowest BCUT2D eigenvalue weighted by Gasteiger charge is -2.19. The van der Waals surface area contributed by atoms with Crippen molar-refractivity contribution in [3.63, 3.8) is 0 Å². The molecule has 0 unspecified atom stereocenters. The zero-order valence-electron chi connectivity index (χ0n) is 12.7. The summed E-state index contributed by atoms with van der Waals surface area (Å²) < 4.78 is 23.5. The summed E-state index contributed by atoms with van der Waals surface area (Å²) in [4.78, 5) is 22.9. The molecule has 0 radical (unpaired) electrons. The van der Waals surface area contributed by atoms with E-state index in [-0.39, 0.29) is 25.4 Å². The molecule has 22 heavy (non-hydrogen) atoms. The first-order valence-electron chi connectivity index (χ1n) is 6.74. The topological polar surface area (TPSA) is 64.6 Å². The second-order valence-corrected chi connectivity index (χ2v) is 6.43. The number of rotatable bonds is 5. The molecular weight excluding hydrogens is 357 g/mol. The van der Waals surface area contributed by atoms with Crippen LogP contribution in [0.4, 0.5) is 9.18 Å². The number of hydrogen-bond acceptors (Lipinski definition) is 4. The fourth-order valence-electron chi connectivity index (χ4n) is 1.45. The third-order valence-electron chi connectivity index (χ3n) is 2.40. The van der Waals surface area contributed by atoms with E-state index in [9.17, 15) is 14.0 Å². The van der Waals surface area contributed by atoms with Gasteiger partial charge in [0.05, 0.1) is 6.42 Å². The second kappa shape index (κ2) is 8.12. The Balaban J connectivity index is 2.28. The summed E-state index contributed by atoms with van der Waals surface area (Å²) in [5, 5.41) is 2.47. The summed E-state index contributed by atoms with van der Waals surface area (Å²) in [6.07, 6.45) is -0.556. The van der Waals surface area contributed by atoms with Crippen LogP contribution in [-0.2, 0) is 20.9 Å². The van der Waals surface area contributed by atoms with E-state index in [1.807, 2.05) is 0 Å². The van der Waals surface area contributed by atoms with Crippen molar-refractivity contribution < 1.29 is 23.5 Å². The highest BCUT2D eigenvalue weighted by Gasteiger charge is 2.16. The molecule has 0 heterocycles. The standard InChI is InChI=1S/C15H19BrFNO4/c1-15(2,3)22-14(20)18-7-6-13(19)21-9-10-4-5-11(17)8-12(10)16/h4-5,8H,6-7,9H2,1-3H3,(H,18,20). The molecule has 0 aliphatic heterocycles. The van der Waals surface area contributed by atoms with Crippen LogP contribution < -0.4 is 5.32 Å². The fraction of sp³-hybridized carbons (Fsp3) is 0.467. The number of esters is 1. The minimum Gasteiger partial charge on any atom is -0.461 e. The number of hydrogen-bond donors (Lipinski definition) is 1. The lowest BCUT2D eigenvalue weighted by Crippen LogP contribution is -2.33. The first-order valence-corrected chi connectivity index (χ1v) is 7.53. The Labute approximate surface area is 137 Å². The van der Waals surface area contributed by atoms with E-state index < -0.39 is 17.7 Å². The van der Waals surface area contributed by atoms with Crippen LogP contribution in [0, 0.1) is 5.82 Å². The maximum Gasteiger partial charge on any atom is 0.407 e. The molecule has 0 fully saturated rings. The van der Waals surface area contributed by atoms with Gasteiger partial charge in [0.25, 0.3) is 0 Å². The highest BCUT2D eigenvalue weighted by Crippen LogP contribution is 2.18. The van der Waals surface area contributed by atoms with Crippen LogP contribution in [0.2, 0.25) is 0 Å². The summed E-state index contributed by atoms with van der Waals surface area (Å²) in [6.45, 7) is 5.41. The van der Waals surface area contributed by atoms with E-state index in [0.717, 1.165) is 0 Å². The van der Waals surface area contributed by atoms with Crippen LogP contribution >= 0.6 is 15.9 Å². The molecule has 0 bridgehead atoms. The zero-order chi connectivity index (χ0) is 16.8. The Bertz CT molecular complexity index is 543. The maximum atomic E-state index is 12.9. The molecule has 0 atom stereocenters. The van der Waals surface area contributed by atoms with Crippen LogP contribution in [0.15, 0.2) is 22.7 Å². The predicted octanol–water partition coefficient (Wildman–Crippen LogP) is 3.55. The second-order valence-electron chi connectivity index (χ2n) is 5.58. The van der Waals surface area contributed by atoms with Crippen molar-refractivity contribution in [2.24, 2.45) is 0 Å². The minimum absolute atomic E-state index is 0.0258. The van der Waals surface area contributed by atoms with E-state index in [2.05, 4.69) is 21.2 Å². The van der Waals surface area contributed by atoms with Gasteiger partial charge in [-0.1, -0.05) is 22.0 Å². The van der Waals surface area contributed by atoms with Gasteiger partial charge in [0.2, 0.25) is 0 Å². The molecule has 1 amide bonds. The van der Waals surface area contributed by atoms with Gasteiger partial charge in [-0.2, -0.15) is 0 Å². The van der Waals surface area contributed by atoms with Gasteiger partial charge in [0, 0.05) is 16.6 Å². The maximum absolute atomic E-state index is 12.9. The van der Waals surface area contributed by atoms with Gasteiger partial charge in [-0.3, -0.25) is 4.79 Å². The molecule has 5 nitrogen and oxygen atoms in total.